The molecular weight excluding hydrogens is 390 g/mol. The van der Waals surface area contributed by atoms with Gasteiger partial charge in [0.15, 0.2) is 0 Å². The van der Waals surface area contributed by atoms with Crippen molar-refractivity contribution in [1.29, 1.82) is 0 Å². The first kappa shape index (κ1) is 21.1. The van der Waals surface area contributed by atoms with Gasteiger partial charge < -0.3 is 24.6 Å². The summed E-state index contributed by atoms with van der Waals surface area (Å²) < 4.78 is 9.78. The molecule has 1 heterocycles. The predicted octanol–water partition coefficient (Wildman–Crippen LogP) is 1.90. The van der Waals surface area contributed by atoms with E-state index in [-0.39, 0.29) is 24.5 Å². The lowest BCUT2D eigenvalue weighted by Gasteiger charge is -2.24. The number of carbonyl (C=O) groups excluding carboxylic acids is 3. The Balaban J connectivity index is 2.11. The minimum absolute atomic E-state index is 0.0899. The number of ether oxygens (including phenoxy) is 2. The summed E-state index contributed by atoms with van der Waals surface area (Å²) in [4.78, 5) is 38.2. The smallest absolute Gasteiger partial charge is 0.337 e. The number of Topliss-reactive ketones (excluding diaryl/α,β-unsaturated/α-hetero) is 1. The molecule has 30 heavy (non-hydrogen) atoms. The fourth-order valence-electron chi connectivity index (χ4n) is 3.39. The van der Waals surface area contributed by atoms with Crippen molar-refractivity contribution in [2.75, 3.05) is 27.4 Å². The van der Waals surface area contributed by atoms with Crippen molar-refractivity contribution in [3.05, 3.63) is 70.8 Å². The maximum atomic E-state index is 12.7. The summed E-state index contributed by atoms with van der Waals surface area (Å²) in [6.45, 7) is -0.445. The van der Waals surface area contributed by atoms with Gasteiger partial charge in [-0.25, -0.2) is 4.79 Å². The molecule has 1 saturated heterocycles. The van der Waals surface area contributed by atoms with Gasteiger partial charge in [0, 0.05) is 12.1 Å². The fraction of sp³-hybridized carbons (Fsp3) is 0.227. The lowest BCUT2D eigenvalue weighted by Crippen LogP contribution is -2.32. The van der Waals surface area contributed by atoms with Crippen LogP contribution >= 0.6 is 0 Å². The van der Waals surface area contributed by atoms with E-state index < -0.39 is 23.7 Å². The Labute approximate surface area is 173 Å². The molecule has 8 heteroatoms. The molecule has 0 aliphatic carbocycles. The number of aliphatic hydroxyl groups excluding tert-OH is 2. The van der Waals surface area contributed by atoms with Crippen molar-refractivity contribution in [2.24, 2.45) is 0 Å². The molecule has 2 aromatic carbocycles. The molecule has 0 unspecified atom stereocenters. The quantitative estimate of drug-likeness (QED) is 0.323. The van der Waals surface area contributed by atoms with Crippen LogP contribution in [0.25, 0.3) is 5.76 Å². The molecule has 0 spiro atoms. The number of β-amino-alcohol motifs (C(OH)–C–C–N with tert-alkyl or cyclic N) is 1. The van der Waals surface area contributed by atoms with Gasteiger partial charge in [0.05, 0.1) is 38.0 Å². The summed E-state index contributed by atoms with van der Waals surface area (Å²) in [6, 6.07) is 11.7. The van der Waals surface area contributed by atoms with E-state index in [4.69, 9.17) is 4.74 Å². The van der Waals surface area contributed by atoms with Crippen molar-refractivity contribution >= 4 is 23.4 Å². The monoisotopic (exact) mass is 411 g/mol. The Morgan fingerprint density at radius 2 is 1.60 bits per heavy atom. The molecule has 0 saturated carbocycles. The average molecular weight is 411 g/mol. The van der Waals surface area contributed by atoms with Crippen LogP contribution in [0.2, 0.25) is 0 Å². The van der Waals surface area contributed by atoms with Crippen LogP contribution in [0.1, 0.15) is 27.5 Å². The summed E-state index contributed by atoms with van der Waals surface area (Å²) in [5, 5.41) is 20.3. The second kappa shape index (κ2) is 8.79. The minimum atomic E-state index is -0.911. The third kappa shape index (κ3) is 3.77. The van der Waals surface area contributed by atoms with Gasteiger partial charge >= 0.3 is 5.97 Å². The molecule has 1 aliphatic rings. The van der Waals surface area contributed by atoms with Crippen LogP contribution in [0.5, 0.6) is 5.75 Å². The molecule has 156 valence electrons. The summed E-state index contributed by atoms with van der Waals surface area (Å²) in [6.07, 6.45) is 0. The van der Waals surface area contributed by atoms with Gasteiger partial charge in [-0.1, -0.05) is 12.1 Å². The van der Waals surface area contributed by atoms with Crippen LogP contribution in [0.15, 0.2) is 54.1 Å². The fourth-order valence-corrected chi connectivity index (χ4v) is 3.39. The van der Waals surface area contributed by atoms with Crippen molar-refractivity contribution in [3.63, 3.8) is 0 Å². The Bertz CT molecular complexity index is 993. The van der Waals surface area contributed by atoms with E-state index in [1.807, 2.05) is 0 Å². The third-order valence-electron chi connectivity index (χ3n) is 4.89. The van der Waals surface area contributed by atoms with Gasteiger partial charge in [-0.2, -0.15) is 0 Å². The number of hydrogen-bond acceptors (Lipinski definition) is 7. The molecule has 0 bridgehead atoms. The molecule has 3 rings (SSSR count). The Morgan fingerprint density at radius 3 is 2.13 bits per heavy atom. The van der Waals surface area contributed by atoms with E-state index >= 15 is 0 Å². The molecular formula is C22H21NO7. The first-order chi connectivity index (χ1) is 14.4. The van der Waals surface area contributed by atoms with Crippen molar-refractivity contribution < 1.29 is 34.1 Å². The molecule has 0 radical (unpaired) electrons. The second-order valence-electron chi connectivity index (χ2n) is 6.56. The molecule has 1 amide bonds. The number of ketones is 1. The van der Waals surface area contributed by atoms with Crippen LogP contribution in [0.4, 0.5) is 0 Å². The zero-order valence-corrected chi connectivity index (χ0v) is 16.5. The first-order valence-electron chi connectivity index (χ1n) is 9.15. The number of methoxy groups -OCH3 is 2. The maximum Gasteiger partial charge on any atom is 0.337 e. The minimum Gasteiger partial charge on any atom is -0.507 e. The highest BCUT2D eigenvalue weighted by Gasteiger charge is 2.45. The molecule has 1 aliphatic heterocycles. The van der Waals surface area contributed by atoms with E-state index in [0.29, 0.717) is 22.4 Å². The molecule has 0 aromatic heterocycles. The largest absolute Gasteiger partial charge is 0.507 e. The summed E-state index contributed by atoms with van der Waals surface area (Å²) in [7, 11) is 2.77. The van der Waals surface area contributed by atoms with E-state index in [9.17, 15) is 24.6 Å². The highest BCUT2D eigenvalue weighted by molar-refractivity contribution is 6.46. The van der Waals surface area contributed by atoms with Gasteiger partial charge in [0.1, 0.15) is 11.5 Å². The van der Waals surface area contributed by atoms with Crippen LogP contribution in [-0.4, -0.2) is 60.1 Å². The molecule has 2 N–H and O–H groups in total. The predicted molar refractivity (Wildman–Crippen MR) is 107 cm³/mol. The molecule has 8 nitrogen and oxygen atoms in total. The van der Waals surface area contributed by atoms with Crippen LogP contribution in [0.3, 0.4) is 0 Å². The number of carbonyl (C=O) groups is 3. The lowest BCUT2D eigenvalue weighted by molar-refractivity contribution is -0.140. The van der Waals surface area contributed by atoms with E-state index in [1.165, 1.54) is 31.3 Å². The second-order valence-corrected chi connectivity index (χ2v) is 6.56. The normalized spacial score (nSPS) is 17.8. The molecule has 2 aromatic rings. The van der Waals surface area contributed by atoms with Gasteiger partial charge in [0.25, 0.3) is 11.7 Å². The third-order valence-corrected chi connectivity index (χ3v) is 4.89. The SMILES string of the molecule is COC(=O)c1ccc([C@H]2/C(=C(\O)c3ccc(OC)cc3)C(=O)C(=O)N2CCO)cc1. The lowest BCUT2D eigenvalue weighted by atomic mass is 9.94. The molecule has 1 atom stereocenters. The van der Waals surface area contributed by atoms with E-state index in [0.717, 1.165) is 0 Å². The van der Waals surface area contributed by atoms with Crippen molar-refractivity contribution in [3.8, 4) is 5.75 Å². The molecule has 1 fully saturated rings. The Morgan fingerprint density at radius 1 is 1.00 bits per heavy atom. The number of amides is 1. The summed E-state index contributed by atoms with van der Waals surface area (Å²) >= 11 is 0. The van der Waals surface area contributed by atoms with Gasteiger partial charge in [-0.05, 0) is 42.0 Å². The standard InChI is InChI=1S/C22H21NO7/c1-29-16-9-7-14(8-10-16)19(25)17-18(23(11-12-24)21(27)20(17)26)13-3-5-15(6-4-13)22(28)30-2/h3-10,18,24-25H,11-12H2,1-2H3/b19-17+/t18-/m0/s1. The van der Waals surface area contributed by atoms with E-state index in [1.54, 1.807) is 36.4 Å². The number of aliphatic hydroxyl groups is 2. The number of benzene rings is 2. The van der Waals surface area contributed by atoms with E-state index in [2.05, 4.69) is 4.74 Å². The van der Waals surface area contributed by atoms with Crippen LogP contribution in [-0.2, 0) is 14.3 Å². The van der Waals surface area contributed by atoms with Crippen molar-refractivity contribution in [2.45, 2.75) is 6.04 Å². The topological polar surface area (TPSA) is 113 Å². The maximum absolute atomic E-state index is 12.7. The highest BCUT2D eigenvalue weighted by Crippen LogP contribution is 2.39. The number of rotatable bonds is 6. The average Bonchev–Trinajstić information content (AvgIpc) is 3.03. The Kier molecular flexibility index (Phi) is 6.17. The van der Waals surface area contributed by atoms with Gasteiger partial charge in [-0.15, -0.1) is 0 Å². The Hall–Kier alpha value is -3.65. The highest BCUT2D eigenvalue weighted by atomic mass is 16.5. The summed E-state index contributed by atoms with van der Waals surface area (Å²) in [5.41, 5.74) is 1.05. The number of esters is 1. The number of likely N-dealkylation sites (tertiary alicyclic amines) is 1. The van der Waals surface area contributed by atoms with Gasteiger partial charge in [-0.3, -0.25) is 9.59 Å². The zero-order chi connectivity index (χ0) is 21.8. The van der Waals surface area contributed by atoms with Crippen LogP contribution < -0.4 is 4.74 Å². The summed E-state index contributed by atoms with van der Waals surface area (Å²) in [5.74, 6) is -1.95. The number of hydrogen-bond donors (Lipinski definition) is 2. The van der Waals surface area contributed by atoms with Gasteiger partial charge in [0.2, 0.25) is 0 Å². The van der Waals surface area contributed by atoms with Crippen molar-refractivity contribution in [1.82, 2.24) is 4.90 Å². The van der Waals surface area contributed by atoms with Crippen LogP contribution in [0, 0.1) is 0 Å². The number of nitrogens with zero attached hydrogens (tertiary/aromatic N) is 1. The zero-order valence-electron chi connectivity index (χ0n) is 16.5. The first-order valence-corrected chi connectivity index (χ1v) is 9.15.